The van der Waals surface area contributed by atoms with Crippen LogP contribution in [0.1, 0.15) is 24.8 Å². The Kier molecular flexibility index (Phi) is 6.57. The van der Waals surface area contributed by atoms with Crippen molar-refractivity contribution in [1.29, 1.82) is 0 Å². The molecule has 0 bridgehead atoms. The zero-order valence-corrected chi connectivity index (χ0v) is 13.3. The molecule has 7 heteroatoms. The van der Waals surface area contributed by atoms with E-state index in [0.29, 0.717) is 17.1 Å². The lowest BCUT2D eigenvalue weighted by Crippen LogP contribution is -2.37. The minimum atomic E-state index is -0.383. The molecule has 0 saturated carbocycles. The molecule has 6 nitrogen and oxygen atoms in total. The van der Waals surface area contributed by atoms with E-state index in [2.05, 4.69) is 10.2 Å². The lowest BCUT2D eigenvalue weighted by molar-refractivity contribution is -0.385. The molecule has 0 aromatic heterocycles. The van der Waals surface area contributed by atoms with Crippen LogP contribution >= 0.6 is 11.6 Å². The molecule has 1 heterocycles. The van der Waals surface area contributed by atoms with Gasteiger partial charge in [0.05, 0.1) is 11.0 Å². The summed E-state index contributed by atoms with van der Waals surface area (Å²) in [6.07, 6.45) is 2.53. The zero-order valence-electron chi connectivity index (χ0n) is 12.5. The summed E-state index contributed by atoms with van der Waals surface area (Å²) in [4.78, 5) is 12.9. The van der Waals surface area contributed by atoms with Crippen molar-refractivity contribution in [3.63, 3.8) is 0 Å². The fourth-order valence-corrected chi connectivity index (χ4v) is 2.86. The summed E-state index contributed by atoms with van der Waals surface area (Å²) in [7, 11) is 0. The Hall–Kier alpha value is -1.21. The number of nitro groups is 1. The van der Waals surface area contributed by atoms with E-state index in [1.54, 1.807) is 6.07 Å². The monoisotopic (exact) mass is 327 g/mol. The van der Waals surface area contributed by atoms with E-state index < -0.39 is 0 Å². The highest BCUT2D eigenvalue weighted by Crippen LogP contribution is 2.22. The molecule has 0 unspecified atom stereocenters. The summed E-state index contributed by atoms with van der Waals surface area (Å²) < 4.78 is 0. The lowest BCUT2D eigenvalue weighted by Gasteiger charge is -2.29. The number of hydrogen-bond donors (Lipinski definition) is 2. The van der Waals surface area contributed by atoms with Crippen LogP contribution in [0.2, 0.25) is 5.02 Å². The van der Waals surface area contributed by atoms with Crippen LogP contribution in [-0.4, -0.2) is 47.2 Å². The second-order valence-electron chi connectivity index (χ2n) is 5.63. The van der Waals surface area contributed by atoms with E-state index in [1.807, 2.05) is 0 Å². The molecular weight excluding hydrogens is 306 g/mol. The average Bonchev–Trinajstić information content (AvgIpc) is 2.48. The smallest absolute Gasteiger partial charge is 0.273 e. The number of aliphatic hydroxyl groups is 1. The SMILES string of the molecule is O=[N+]([O-])c1ccc(Cl)cc1CNCCCN1CCC(O)CC1. The largest absolute Gasteiger partial charge is 0.393 e. The molecule has 22 heavy (non-hydrogen) atoms. The first kappa shape index (κ1) is 17.1. The molecule has 122 valence electrons. The Morgan fingerprint density at radius 3 is 2.82 bits per heavy atom. The standard InChI is InChI=1S/C15H22ClN3O3/c16-13-2-3-15(19(21)22)12(10-13)11-17-6-1-7-18-8-4-14(20)5-9-18/h2-3,10,14,17,20H,1,4-9,11H2. The van der Waals surface area contributed by atoms with Crippen LogP contribution < -0.4 is 5.32 Å². The minimum Gasteiger partial charge on any atom is -0.393 e. The van der Waals surface area contributed by atoms with Gasteiger partial charge in [0.2, 0.25) is 0 Å². The third-order valence-corrected chi connectivity index (χ3v) is 4.17. The first-order chi connectivity index (χ1) is 10.6. The van der Waals surface area contributed by atoms with Crippen LogP contribution in [0, 0.1) is 10.1 Å². The van der Waals surface area contributed by atoms with Gasteiger partial charge in [0, 0.05) is 36.3 Å². The maximum absolute atomic E-state index is 11.0. The topological polar surface area (TPSA) is 78.6 Å². The maximum Gasteiger partial charge on any atom is 0.273 e. The van der Waals surface area contributed by atoms with E-state index in [-0.39, 0.29) is 16.7 Å². The van der Waals surface area contributed by atoms with Gasteiger partial charge in [0.15, 0.2) is 0 Å². The number of aliphatic hydroxyl groups excluding tert-OH is 1. The fourth-order valence-electron chi connectivity index (χ4n) is 2.67. The van der Waals surface area contributed by atoms with Crippen molar-refractivity contribution < 1.29 is 10.0 Å². The molecule has 2 N–H and O–H groups in total. The molecule has 0 radical (unpaired) electrons. The van der Waals surface area contributed by atoms with Gasteiger partial charge in [-0.1, -0.05) is 11.6 Å². The molecule has 1 aromatic rings. The zero-order chi connectivity index (χ0) is 15.9. The number of hydrogen-bond acceptors (Lipinski definition) is 5. The molecule has 1 aliphatic rings. The number of nitro benzene ring substituents is 1. The average molecular weight is 328 g/mol. The predicted octanol–water partition coefficient (Wildman–Crippen LogP) is 2.18. The normalized spacial score (nSPS) is 16.8. The molecule has 1 aliphatic heterocycles. The maximum atomic E-state index is 11.0. The molecule has 1 saturated heterocycles. The van der Waals surface area contributed by atoms with Gasteiger partial charge in [-0.15, -0.1) is 0 Å². The number of likely N-dealkylation sites (tertiary alicyclic amines) is 1. The molecule has 0 atom stereocenters. The van der Waals surface area contributed by atoms with Gasteiger partial charge >= 0.3 is 0 Å². The first-order valence-corrected chi connectivity index (χ1v) is 7.98. The summed E-state index contributed by atoms with van der Waals surface area (Å²) >= 11 is 5.90. The second-order valence-corrected chi connectivity index (χ2v) is 6.07. The van der Waals surface area contributed by atoms with Crippen molar-refractivity contribution in [2.75, 3.05) is 26.2 Å². The van der Waals surface area contributed by atoms with Gasteiger partial charge in [-0.25, -0.2) is 0 Å². The lowest BCUT2D eigenvalue weighted by atomic mass is 10.1. The number of nitrogens with one attached hydrogen (secondary N) is 1. The number of nitrogens with zero attached hydrogens (tertiary/aromatic N) is 2. The molecular formula is C15H22ClN3O3. The highest BCUT2D eigenvalue weighted by molar-refractivity contribution is 6.30. The number of benzene rings is 1. The highest BCUT2D eigenvalue weighted by Gasteiger charge is 2.16. The van der Waals surface area contributed by atoms with Gasteiger partial charge < -0.3 is 15.3 Å². The summed E-state index contributed by atoms with van der Waals surface area (Å²) in [6, 6.07) is 4.62. The van der Waals surface area contributed by atoms with E-state index >= 15 is 0 Å². The third kappa shape index (κ3) is 5.21. The van der Waals surface area contributed by atoms with Crippen LogP contribution in [-0.2, 0) is 6.54 Å². The molecule has 2 rings (SSSR count). The van der Waals surface area contributed by atoms with Crippen molar-refractivity contribution in [3.8, 4) is 0 Å². The third-order valence-electron chi connectivity index (χ3n) is 3.94. The molecule has 0 amide bonds. The number of piperidine rings is 1. The molecule has 0 aliphatic carbocycles. The van der Waals surface area contributed by atoms with Gasteiger partial charge in [-0.05, 0) is 44.5 Å². The Labute approximate surface area is 135 Å². The van der Waals surface area contributed by atoms with Crippen LogP contribution in [0.15, 0.2) is 18.2 Å². The highest BCUT2D eigenvalue weighted by atomic mass is 35.5. The minimum absolute atomic E-state index is 0.0990. The van der Waals surface area contributed by atoms with E-state index in [9.17, 15) is 15.2 Å². The van der Waals surface area contributed by atoms with Gasteiger partial charge in [-0.2, -0.15) is 0 Å². The van der Waals surface area contributed by atoms with Crippen LogP contribution in [0.3, 0.4) is 0 Å². The number of rotatable bonds is 7. The van der Waals surface area contributed by atoms with Crippen molar-refractivity contribution in [1.82, 2.24) is 10.2 Å². The van der Waals surface area contributed by atoms with Gasteiger partial charge in [-0.3, -0.25) is 10.1 Å². The molecule has 1 aromatic carbocycles. The molecule has 0 spiro atoms. The number of halogens is 1. The Bertz CT molecular complexity index is 505. The van der Waals surface area contributed by atoms with Crippen LogP contribution in [0.25, 0.3) is 0 Å². The van der Waals surface area contributed by atoms with E-state index in [4.69, 9.17) is 11.6 Å². The van der Waals surface area contributed by atoms with Gasteiger partial charge in [0.25, 0.3) is 5.69 Å². The summed E-state index contributed by atoms with van der Waals surface area (Å²) in [5.41, 5.74) is 0.709. The van der Waals surface area contributed by atoms with Crippen molar-refractivity contribution >= 4 is 17.3 Å². The van der Waals surface area contributed by atoms with Crippen LogP contribution in [0.4, 0.5) is 5.69 Å². The fraction of sp³-hybridized carbons (Fsp3) is 0.600. The Morgan fingerprint density at radius 1 is 1.41 bits per heavy atom. The Morgan fingerprint density at radius 2 is 2.14 bits per heavy atom. The summed E-state index contributed by atoms with van der Waals surface area (Å²) in [5, 5.41) is 24.2. The predicted molar refractivity (Wildman–Crippen MR) is 86.1 cm³/mol. The summed E-state index contributed by atoms with van der Waals surface area (Å²) in [5.74, 6) is 0. The second kappa shape index (κ2) is 8.43. The van der Waals surface area contributed by atoms with Gasteiger partial charge in [0.1, 0.15) is 0 Å². The first-order valence-electron chi connectivity index (χ1n) is 7.60. The van der Waals surface area contributed by atoms with Crippen molar-refractivity contribution in [3.05, 3.63) is 38.9 Å². The molecule has 1 fully saturated rings. The van der Waals surface area contributed by atoms with E-state index in [1.165, 1.54) is 12.1 Å². The quantitative estimate of drug-likeness (QED) is 0.456. The van der Waals surface area contributed by atoms with Crippen molar-refractivity contribution in [2.24, 2.45) is 0 Å². The summed E-state index contributed by atoms with van der Waals surface area (Å²) in [6.45, 7) is 4.11. The van der Waals surface area contributed by atoms with Crippen LogP contribution in [0.5, 0.6) is 0 Å². The Balaban J connectivity index is 1.70. The van der Waals surface area contributed by atoms with E-state index in [0.717, 1.165) is 45.4 Å². The van der Waals surface area contributed by atoms with Crippen molar-refractivity contribution in [2.45, 2.75) is 31.9 Å².